The van der Waals surface area contributed by atoms with Crippen LogP contribution in [-0.4, -0.2) is 43.0 Å². The summed E-state index contributed by atoms with van der Waals surface area (Å²) in [5.74, 6) is -0.562. The number of aliphatic hydroxyl groups excluding tert-OH is 1. The van der Waals surface area contributed by atoms with E-state index in [0.717, 1.165) is 5.56 Å². The number of amides is 1. The second-order valence-electron chi connectivity index (χ2n) is 6.39. The third-order valence-electron chi connectivity index (χ3n) is 4.72. The number of hydrogen-bond donors (Lipinski definition) is 1. The van der Waals surface area contributed by atoms with Gasteiger partial charge in [0.1, 0.15) is 5.76 Å². The first-order valence-electron chi connectivity index (χ1n) is 8.42. The molecule has 1 fully saturated rings. The zero-order valence-corrected chi connectivity index (χ0v) is 15.6. The van der Waals surface area contributed by atoms with Gasteiger partial charge in [-0.05, 0) is 24.6 Å². The third-order valence-corrected chi connectivity index (χ3v) is 4.72. The van der Waals surface area contributed by atoms with Crippen LogP contribution in [0.15, 0.2) is 48.0 Å². The van der Waals surface area contributed by atoms with Gasteiger partial charge in [0.15, 0.2) is 11.5 Å². The van der Waals surface area contributed by atoms with Gasteiger partial charge in [-0.25, -0.2) is 0 Å². The van der Waals surface area contributed by atoms with E-state index in [0.29, 0.717) is 22.6 Å². The molecule has 6 heteroatoms. The number of ether oxygens (including phenoxy) is 2. The predicted molar refractivity (Wildman–Crippen MR) is 101 cm³/mol. The number of nitrogens with zero attached hydrogens (tertiary/aromatic N) is 1. The standard InChI is InChI=1S/C21H21NO5/c1-12-5-7-13(8-6-12)19(23)17-18(22(2)21(25)20(17)24)14-9-10-15(26-3)16(11-14)27-4/h5-11,18,23H,1-4H3/t18-/m0/s1. The Morgan fingerprint density at radius 1 is 1.00 bits per heavy atom. The summed E-state index contributed by atoms with van der Waals surface area (Å²) >= 11 is 0. The van der Waals surface area contributed by atoms with Gasteiger partial charge in [-0.15, -0.1) is 0 Å². The Bertz CT molecular complexity index is 930. The molecule has 0 radical (unpaired) electrons. The Balaban J connectivity index is 2.17. The van der Waals surface area contributed by atoms with Crippen LogP contribution in [0.25, 0.3) is 5.76 Å². The predicted octanol–water partition coefficient (Wildman–Crippen LogP) is 3.06. The quantitative estimate of drug-likeness (QED) is 0.511. The van der Waals surface area contributed by atoms with Gasteiger partial charge in [0.25, 0.3) is 11.7 Å². The lowest BCUT2D eigenvalue weighted by Crippen LogP contribution is -2.24. The highest BCUT2D eigenvalue weighted by atomic mass is 16.5. The Kier molecular flexibility index (Phi) is 4.90. The van der Waals surface area contributed by atoms with Crippen molar-refractivity contribution < 1.29 is 24.2 Å². The molecule has 1 heterocycles. The van der Waals surface area contributed by atoms with Gasteiger partial charge in [-0.2, -0.15) is 0 Å². The second-order valence-corrected chi connectivity index (χ2v) is 6.39. The maximum Gasteiger partial charge on any atom is 0.295 e. The number of likely N-dealkylation sites (N-methyl/N-ethyl adjacent to an activating group) is 1. The summed E-state index contributed by atoms with van der Waals surface area (Å²) in [5.41, 5.74) is 2.21. The van der Waals surface area contributed by atoms with Gasteiger partial charge in [-0.3, -0.25) is 9.59 Å². The first-order chi connectivity index (χ1) is 12.9. The Labute approximate surface area is 157 Å². The summed E-state index contributed by atoms with van der Waals surface area (Å²) in [4.78, 5) is 26.3. The fourth-order valence-electron chi connectivity index (χ4n) is 3.23. The van der Waals surface area contributed by atoms with E-state index in [1.54, 1.807) is 30.3 Å². The summed E-state index contributed by atoms with van der Waals surface area (Å²) in [6.45, 7) is 1.93. The average molecular weight is 367 g/mol. The van der Waals surface area contributed by atoms with E-state index in [9.17, 15) is 14.7 Å². The monoisotopic (exact) mass is 367 g/mol. The van der Waals surface area contributed by atoms with E-state index in [1.807, 2.05) is 19.1 Å². The molecule has 1 aliphatic heterocycles. The Morgan fingerprint density at radius 3 is 2.22 bits per heavy atom. The molecule has 2 aromatic rings. The number of aliphatic hydroxyl groups is 1. The molecule has 1 aliphatic rings. The number of Topliss-reactive ketones (excluding diaryl/α,β-unsaturated/α-hetero) is 1. The maximum absolute atomic E-state index is 12.6. The minimum Gasteiger partial charge on any atom is -0.507 e. The van der Waals surface area contributed by atoms with Crippen LogP contribution in [0.2, 0.25) is 0 Å². The first kappa shape index (κ1) is 18.5. The van der Waals surface area contributed by atoms with Crippen LogP contribution in [0.4, 0.5) is 0 Å². The van der Waals surface area contributed by atoms with Crippen molar-refractivity contribution in [3.63, 3.8) is 0 Å². The molecule has 6 nitrogen and oxygen atoms in total. The topological polar surface area (TPSA) is 76.1 Å². The second kappa shape index (κ2) is 7.15. The lowest BCUT2D eigenvalue weighted by Gasteiger charge is -2.22. The van der Waals surface area contributed by atoms with Gasteiger partial charge in [0, 0.05) is 12.6 Å². The van der Waals surface area contributed by atoms with Crippen LogP contribution in [-0.2, 0) is 9.59 Å². The first-order valence-corrected chi connectivity index (χ1v) is 8.42. The molecule has 2 aromatic carbocycles. The molecule has 0 spiro atoms. The van der Waals surface area contributed by atoms with Gasteiger partial charge >= 0.3 is 0 Å². The third kappa shape index (κ3) is 3.14. The van der Waals surface area contributed by atoms with Crippen molar-refractivity contribution in [2.45, 2.75) is 13.0 Å². The van der Waals surface area contributed by atoms with Gasteiger partial charge in [-0.1, -0.05) is 35.9 Å². The van der Waals surface area contributed by atoms with Crippen molar-refractivity contribution in [1.82, 2.24) is 4.90 Å². The van der Waals surface area contributed by atoms with Crippen LogP contribution in [0, 0.1) is 6.92 Å². The molecule has 1 amide bonds. The molecular weight excluding hydrogens is 346 g/mol. The molecule has 1 atom stereocenters. The molecule has 1 N–H and O–H groups in total. The van der Waals surface area contributed by atoms with Crippen LogP contribution < -0.4 is 9.47 Å². The van der Waals surface area contributed by atoms with Crippen molar-refractivity contribution in [2.75, 3.05) is 21.3 Å². The highest BCUT2D eigenvalue weighted by molar-refractivity contribution is 6.46. The minimum atomic E-state index is -0.717. The molecule has 0 bridgehead atoms. The average Bonchev–Trinajstić information content (AvgIpc) is 2.91. The van der Waals surface area contributed by atoms with E-state index in [-0.39, 0.29) is 11.3 Å². The van der Waals surface area contributed by atoms with Crippen molar-refractivity contribution >= 4 is 17.4 Å². The minimum absolute atomic E-state index is 0.0542. The normalized spacial score (nSPS) is 18.7. The Morgan fingerprint density at radius 2 is 1.63 bits per heavy atom. The number of hydrogen-bond acceptors (Lipinski definition) is 5. The smallest absolute Gasteiger partial charge is 0.295 e. The zero-order chi connectivity index (χ0) is 19.7. The van der Waals surface area contributed by atoms with Crippen molar-refractivity contribution in [3.8, 4) is 11.5 Å². The van der Waals surface area contributed by atoms with Crippen LogP contribution in [0.3, 0.4) is 0 Å². The lowest BCUT2D eigenvalue weighted by molar-refractivity contribution is -0.139. The number of rotatable bonds is 4. The zero-order valence-electron chi connectivity index (χ0n) is 15.6. The lowest BCUT2D eigenvalue weighted by atomic mass is 9.95. The molecule has 0 aromatic heterocycles. The number of carbonyl (C=O) groups is 2. The van der Waals surface area contributed by atoms with Crippen LogP contribution in [0.1, 0.15) is 22.7 Å². The number of aryl methyl sites for hydroxylation is 1. The van der Waals surface area contributed by atoms with E-state index >= 15 is 0 Å². The van der Waals surface area contributed by atoms with E-state index in [4.69, 9.17) is 9.47 Å². The molecular formula is C21H21NO5. The fraction of sp³-hybridized carbons (Fsp3) is 0.238. The number of likely N-dealkylation sites (tertiary alicyclic amines) is 1. The summed E-state index contributed by atoms with van der Waals surface area (Å²) in [6, 6.07) is 11.6. The van der Waals surface area contributed by atoms with Crippen molar-refractivity contribution in [3.05, 3.63) is 64.7 Å². The van der Waals surface area contributed by atoms with Crippen molar-refractivity contribution in [2.24, 2.45) is 0 Å². The highest BCUT2D eigenvalue weighted by Gasteiger charge is 2.44. The summed E-state index contributed by atoms with van der Waals surface area (Å²) in [7, 11) is 4.58. The molecule has 1 saturated heterocycles. The van der Waals surface area contributed by atoms with Crippen LogP contribution >= 0.6 is 0 Å². The van der Waals surface area contributed by atoms with Crippen LogP contribution in [0.5, 0.6) is 11.5 Å². The largest absolute Gasteiger partial charge is 0.507 e. The number of carbonyl (C=O) groups excluding carboxylic acids is 2. The summed E-state index contributed by atoms with van der Waals surface area (Å²) in [6.07, 6.45) is 0. The molecule has 0 saturated carbocycles. The van der Waals surface area contributed by atoms with Gasteiger partial charge in [0.05, 0.1) is 25.8 Å². The maximum atomic E-state index is 12.6. The molecule has 0 aliphatic carbocycles. The number of benzene rings is 2. The summed E-state index contributed by atoms with van der Waals surface area (Å²) < 4.78 is 10.6. The van der Waals surface area contributed by atoms with Gasteiger partial charge < -0.3 is 19.5 Å². The fourth-order valence-corrected chi connectivity index (χ4v) is 3.23. The molecule has 140 valence electrons. The Hall–Kier alpha value is -3.28. The van der Waals surface area contributed by atoms with E-state index < -0.39 is 17.7 Å². The molecule has 0 unspecified atom stereocenters. The van der Waals surface area contributed by atoms with E-state index in [2.05, 4.69) is 0 Å². The number of methoxy groups -OCH3 is 2. The SMILES string of the molecule is COc1ccc([C@H]2C(=C(O)c3ccc(C)cc3)C(=O)C(=O)N2C)cc1OC. The van der Waals surface area contributed by atoms with Gasteiger partial charge in [0.2, 0.25) is 0 Å². The molecule has 3 rings (SSSR count). The molecule has 27 heavy (non-hydrogen) atoms. The van der Waals surface area contributed by atoms with Crippen molar-refractivity contribution in [1.29, 1.82) is 0 Å². The summed E-state index contributed by atoms with van der Waals surface area (Å²) in [5, 5.41) is 10.8. The number of ketones is 1. The highest BCUT2D eigenvalue weighted by Crippen LogP contribution is 2.41. The van der Waals surface area contributed by atoms with E-state index in [1.165, 1.54) is 26.2 Å².